The van der Waals surface area contributed by atoms with Crippen LogP contribution < -0.4 is 24.3 Å². The molecule has 0 spiro atoms. The maximum atomic E-state index is 11.9. The zero-order chi connectivity index (χ0) is 50.2. The third kappa shape index (κ3) is 14.0. The number of hydrogen-bond acceptors (Lipinski definition) is 12. The molecule has 0 bridgehead atoms. The average molecular weight is 987 g/mol. The summed E-state index contributed by atoms with van der Waals surface area (Å²) in [6.07, 6.45) is 7.94. The van der Waals surface area contributed by atoms with Crippen LogP contribution in [0, 0.1) is 42.4 Å². The Labute approximate surface area is 417 Å². The maximum absolute atomic E-state index is 11.9. The van der Waals surface area contributed by atoms with Crippen LogP contribution in [-0.4, -0.2) is 49.9 Å². The molecule has 2 atom stereocenters. The van der Waals surface area contributed by atoms with Gasteiger partial charge in [0.25, 0.3) is 0 Å². The van der Waals surface area contributed by atoms with E-state index in [-0.39, 0.29) is 52.4 Å². The summed E-state index contributed by atoms with van der Waals surface area (Å²) >= 11 is 13.7. The van der Waals surface area contributed by atoms with Crippen LogP contribution in [0.5, 0.6) is 23.0 Å². The predicted octanol–water partition coefficient (Wildman–Crippen LogP) is 10.5. The van der Waals surface area contributed by atoms with E-state index in [0.29, 0.717) is 85.7 Å². The molecule has 0 amide bonds. The number of aliphatic hydroxyl groups is 1. The van der Waals surface area contributed by atoms with Crippen molar-refractivity contribution in [2.45, 2.75) is 91.9 Å². The van der Waals surface area contributed by atoms with Gasteiger partial charge in [-0.2, -0.15) is 10.5 Å². The number of rotatable bonds is 25. The summed E-state index contributed by atoms with van der Waals surface area (Å²) in [5.41, 5.74) is 9.17. The van der Waals surface area contributed by atoms with Crippen LogP contribution in [0.25, 0.3) is 11.1 Å². The van der Waals surface area contributed by atoms with Crippen molar-refractivity contribution in [3.63, 3.8) is 0 Å². The average Bonchev–Trinajstić information content (AvgIpc) is 3.35. The summed E-state index contributed by atoms with van der Waals surface area (Å²) in [4.78, 5) is 32.0. The quantitative estimate of drug-likeness (QED) is 0.0420. The summed E-state index contributed by atoms with van der Waals surface area (Å²) in [6.45, 7) is 6.40. The smallest absolute Gasteiger partial charge is 0.320 e. The van der Waals surface area contributed by atoms with Gasteiger partial charge >= 0.3 is 11.9 Å². The lowest BCUT2D eigenvalue weighted by Crippen LogP contribution is -2.36. The van der Waals surface area contributed by atoms with E-state index in [0.717, 1.165) is 33.4 Å². The van der Waals surface area contributed by atoms with Gasteiger partial charge in [-0.25, -0.2) is 0 Å². The minimum atomic E-state index is -0.996. The van der Waals surface area contributed by atoms with Crippen molar-refractivity contribution in [3.8, 4) is 46.3 Å². The molecule has 6 rings (SSSR count). The molecule has 2 aromatic heterocycles. The zero-order valence-corrected chi connectivity index (χ0v) is 40.5. The van der Waals surface area contributed by atoms with Crippen molar-refractivity contribution < 1.29 is 43.9 Å². The van der Waals surface area contributed by atoms with Crippen LogP contribution in [0.1, 0.15) is 88.2 Å². The molecule has 362 valence electrons. The number of aryl methyl sites for hydroxylation is 1. The molecule has 4 aromatic carbocycles. The second-order valence-corrected chi connectivity index (χ2v) is 17.5. The van der Waals surface area contributed by atoms with Crippen molar-refractivity contribution in [1.29, 1.82) is 10.5 Å². The number of hydrogen-bond donors (Lipinski definition) is 4. The molecule has 0 aliphatic heterocycles. The third-order valence-corrected chi connectivity index (χ3v) is 12.4. The van der Waals surface area contributed by atoms with E-state index in [1.165, 1.54) is 12.4 Å². The van der Waals surface area contributed by atoms with E-state index in [9.17, 15) is 35.4 Å². The molecule has 2 heterocycles. The summed E-state index contributed by atoms with van der Waals surface area (Å²) in [6, 6.07) is 25.5. The number of ether oxygens (including phenoxy) is 4. The number of carboxylic acid groups (broad SMARTS) is 2. The van der Waals surface area contributed by atoms with Gasteiger partial charge in [-0.3, -0.25) is 19.6 Å². The van der Waals surface area contributed by atoms with Crippen molar-refractivity contribution in [2.24, 2.45) is 5.92 Å². The summed E-state index contributed by atoms with van der Waals surface area (Å²) < 4.78 is 25.2. The van der Waals surface area contributed by atoms with Gasteiger partial charge in [0.1, 0.15) is 67.6 Å². The first-order valence-corrected chi connectivity index (χ1v) is 23.4. The molecule has 14 nitrogen and oxygen atoms in total. The Balaban J connectivity index is 1.21. The largest absolute Gasteiger partial charge is 0.488 e. The first kappa shape index (κ1) is 52.2. The highest BCUT2D eigenvalue weighted by Gasteiger charge is 2.22. The zero-order valence-electron chi connectivity index (χ0n) is 39.0. The van der Waals surface area contributed by atoms with Gasteiger partial charge in [0.2, 0.25) is 0 Å². The van der Waals surface area contributed by atoms with E-state index < -0.39 is 23.9 Å². The number of aromatic nitrogens is 2. The summed E-state index contributed by atoms with van der Waals surface area (Å²) in [5.74, 6) is -1.12. The van der Waals surface area contributed by atoms with E-state index in [1.807, 2.05) is 57.2 Å². The standard InChI is InChI=1S/C54H53Cl2N5O9/c1-4-7-48(54(65)66)61-28-43-19-47(56)52(21-50(43)68-30-38-17-36(23-58)25-60-27-38)70-32-42-9-6-11-45(34(42)3)44-10-5-8-41(33(44)2)31-69-51-20-49(67-29-37-16-35(22-57)24-59-26-37)40(18-46(51)55)13-12-39(14-15-62)53(63)64/h5-6,8-11,16-21,24-27,39,48,61-62H,4,7,12-15,28-32H2,1-3H3,(H,63,64)(H,65,66)/t39-,48+/m1/s1. The fourth-order valence-corrected chi connectivity index (χ4v) is 8.32. The molecule has 6 aromatic rings. The Morgan fingerprint density at radius 2 is 1.14 bits per heavy atom. The second kappa shape index (κ2) is 25.4. The summed E-state index contributed by atoms with van der Waals surface area (Å²) in [5, 5.41) is 51.4. The molecule has 0 saturated carbocycles. The van der Waals surface area contributed by atoms with E-state index in [2.05, 4.69) is 27.4 Å². The lowest BCUT2D eigenvalue weighted by molar-refractivity contribution is -0.142. The predicted molar refractivity (Wildman–Crippen MR) is 264 cm³/mol. The van der Waals surface area contributed by atoms with Gasteiger partial charge in [0.15, 0.2) is 0 Å². The van der Waals surface area contributed by atoms with Gasteiger partial charge in [-0.15, -0.1) is 0 Å². The molecule has 0 fully saturated rings. The number of nitrogens with zero attached hydrogens (tertiary/aromatic N) is 4. The molecular formula is C54H53Cl2N5O9. The minimum absolute atomic E-state index is 0.0842. The molecule has 4 N–H and O–H groups in total. The molecule has 0 unspecified atom stereocenters. The number of aliphatic hydroxyl groups excluding tert-OH is 1. The van der Waals surface area contributed by atoms with Crippen LogP contribution in [0.3, 0.4) is 0 Å². The maximum Gasteiger partial charge on any atom is 0.320 e. The lowest BCUT2D eigenvalue weighted by atomic mass is 9.92. The number of nitrogens with one attached hydrogen (secondary N) is 1. The first-order valence-electron chi connectivity index (χ1n) is 22.6. The van der Waals surface area contributed by atoms with E-state index in [4.69, 9.17) is 42.1 Å². The number of carboxylic acids is 2. The van der Waals surface area contributed by atoms with Crippen molar-refractivity contribution >= 4 is 35.1 Å². The van der Waals surface area contributed by atoms with Gasteiger partial charge in [-0.1, -0.05) is 72.9 Å². The number of benzene rings is 4. The number of carbonyl (C=O) groups is 2. The molecular weight excluding hydrogens is 934 g/mol. The van der Waals surface area contributed by atoms with Crippen LogP contribution in [0.4, 0.5) is 0 Å². The highest BCUT2D eigenvalue weighted by molar-refractivity contribution is 6.32. The molecule has 0 radical (unpaired) electrons. The minimum Gasteiger partial charge on any atom is -0.488 e. The van der Waals surface area contributed by atoms with Crippen LogP contribution in [0.15, 0.2) is 97.6 Å². The van der Waals surface area contributed by atoms with Crippen LogP contribution in [0.2, 0.25) is 10.0 Å². The fraction of sp³-hybridized carbons (Fsp3) is 0.296. The number of pyridine rings is 2. The monoisotopic (exact) mass is 985 g/mol. The first-order chi connectivity index (χ1) is 33.8. The topological polar surface area (TPSA) is 217 Å². The van der Waals surface area contributed by atoms with Gasteiger partial charge in [0, 0.05) is 66.8 Å². The van der Waals surface area contributed by atoms with Crippen molar-refractivity contribution in [3.05, 3.63) is 163 Å². The highest BCUT2D eigenvalue weighted by Crippen LogP contribution is 2.38. The Kier molecular flexibility index (Phi) is 18.9. The molecule has 16 heteroatoms. The molecule has 0 saturated heterocycles. The summed E-state index contributed by atoms with van der Waals surface area (Å²) in [7, 11) is 0. The molecule has 0 aliphatic rings. The number of aliphatic carboxylic acids is 2. The Morgan fingerprint density at radius 3 is 1.61 bits per heavy atom. The SMILES string of the molecule is CCC[C@H](NCc1cc(Cl)c(OCc2cccc(-c3cccc(COc4cc(OCc5cncc(C#N)c5)c(CC[C@H](CCO)C(=O)O)cc4Cl)c3C)c2C)cc1OCc1cncc(C#N)c1)C(=O)O. The Hall–Kier alpha value is -7.20. The normalized spacial score (nSPS) is 11.8. The highest BCUT2D eigenvalue weighted by atomic mass is 35.5. The van der Waals surface area contributed by atoms with Gasteiger partial charge in [0.05, 0.1) is 27.1 Å². The van der Waals surface area contributed by atoms with Gasteiger partial charge in [-0.05, 0) is 103 Å². The Morgan fingerprint density at radius 1 is 0.643 bits per heavy atom. The number of nitriles is 2. The Bertz CT molecular complexity index is 2710. The molecule has 0 aliphatic carbocycles. The fourth-order valence-electron chi connectivity index (χ4n) is 7.84. The second-order valence-electron chi connectivity index (χ2n) is 16.6. The number of halogens is 2. The van der Waals surface area contributed by atoms with Gasteiger partial charge < -0.3 is 39.6 Å². The van der Waals surface area contributed by atoms with Crippen molar-refractivity contribution in [2.75, 3.05) is 6.61 Å². The molecule has 70 heavy (non-hydrogen) atoms. The van der Waals surface area contributed by atoms with E-state index >= 15 is 0 Å². The van der Waals surface area contributed by atoms with Crippen LogP contribution in [-0.2, 0) is 49.0 Å². The lowest BCUT2D eigenvalue weighted by Gasteiger charge is -2.19. The van der Waals surface area contributed by atoms with E-state index in [1.54, 1.807) is 48.8 Å². The van der Waals surface area contributed by atoms with Crippen molar-refractivity contribution in [1.82, 2.24) is 15.3 Å². The van der Waals surface area contributed by atoms with Crippen LogP contribution >= 0.6 is 23.2 Å². The third-order valence-electron chi connectivity index (χ3n) is 11.8.